The first-order valence-corrected chi connectivity index (χ1v) is 21.0. The zero-order valence-corrected chi connectivity index (χ0v) is 34.9. The summed E-state index contributed by atoms with van der Waals surface area (Å²) in [6, 6.07) is -0.731. The lowest BCUT2D eigenvalue weighted by Gasteiger charge is -2.34. The second-order valence-corrected chi connectivity index (χ2v) is 14.8. The van der Waals surface area contributed by atoms with Crippen LogP contribution in [0.5, 0.6) is 0 Å². The number of unbranched alkanes of at least 4 members (excludes halogenated alkanes) is 10. The van der Waals surface area contributed by atoms with Crippen molar-refractivity contribution in [2.24, 2.45) is 0 Å². The Labute approximate surface area is 330 Å². The number of likely N-dealkylation sites (N-methyl/N-ethyl adjacent to an activating group) is 1. The van der Waals surface area contributed by atoms with E-state index in [4.69, 9.17) is 14.2 Å². The summed E-state index contributed by atoms with van der Waals surface area (Å²) in [7, 11) is 5.38. The number of nitrogens with zero attached hydrogens (tertiary/aromatic N) is 1. The number of hydrogen-bond acceptors (Lipinski definition) is 7. The van der Waals surface area contributed by atoms with E-state index in [0.29, 0.717) is 6.42 Å². The maximum atomic E-state index is 12.7. The topological polar surface area (TPSA) is 102 Å². The van der Waals surface area contributed by atoms with Crippen LogP contribution in [0.1, 0.15) is 149 Å². The molecule has 54 heavy (non-hydrogen) atoms. The molecule has 8 heteroatoms. The van der Waals surface area contributed by atoms with Gasteiger partial charge < -0.3 is 28.6 Å². The molecule has 0 aliphatic rings. The lowest BCUT2D eigenvalue weighted by Crippen LogP contribution is -2.55. The second-order valence-electron chi connectivity index (χ2n) is 14.8. The molecule has 0 aliphatic carbocycles. The molecule has 0 spiro atoms. The molecule has 0 bridgehead atoms. The molecule has 0 rings (SSSR count). The molecule has 0 aliphatic heterocycles. The van der Waals surface area contributed by atoms with Crippen molar-refractivity contribution in [3.63, 3.8) is 0 Å². The number of aliphatic carboxylic acids is 1. The van der Waals surface area contributed by atoms with Crippen LogP contribution in [0.4, 0.5) is 0 Å². The molecule has 0 radical (unpaired) electrons. The van der Waals surface area contributed by atoms with Crippen LogP contribution in [0.2, 0.25) is 0 Å². The maximum absolute atomic E-state index is 12.7. The van der Waals surface area contributed by atoms with Crippen LogP contribution in [-0.4, -0.2) is 75.5 Å². The predicted octanol–water partition coefficient (Wildman–Crippen LogP) is 9.85. The highest BCUT2D eigenvalue weighted by Gasteiger charge is 2.25. The molecule has 0 aromatic rings. The fourth-order valence-corrected chi connectivity index (χ4v) is 5.60. The van der Waals surface area contributed by atoms with E-state index in [9.17, 15) is 19.5 Å². The number of carboxylic acid groups (broad SMARTS) is 1. The molecule has 308 valence electrons. The number of rotatable bonds is 36. The number of hydrogen-bond donors (Lipinski definition) is 0. The Morgan fingerprint density at radius 1 is 0.574 bits per heavy atom. The van der Waals surface area contributed by atoms with E-state index in [1.54, 1.807) is 21.1 Å². The summed E-state index contributed by atoms with van der Waals surface area (Å²) in [5.74, 6) is -1.79. The van der Waals surface area contributed by atoms with Crippen molar-refractivity contribution in [2.75, 3.05) is 41.0 Å². The molecule has 0 amide bonds. The molecule has 2 unspecified atom stereocenters. The number of carbonyl (C=O) groups excluding carboxylic acids is 3. The monoisotopic (exact) mass is 756 g/mol. The standard InChI is InChI=1S/C46H77NO7/c1-6-8-10-12-14-15-16-17-18-19-20-21-22-23-24-25-26-27-28-29-31-33-35-37-45(49)54-42(40-52-39-38-43(46(50)51)47(3,4)5)41-53-44(48)36-34-32-30-13-11-9-7-2/h8,10,14-15,17-18,20-21,23-24,26-27,42-43H,6-7,9,11-13,16,19,22,25,28-41H2,1-5H3/b10-8+,15-14+,18-17+,21-20+,24-23+,27-26+. The lowest BCUT2D eigenvalue weighted by molar-refractivity contribution is -0.889. The Hall–Kier alpha value is -3.23. The maximum Gasteiger partial charge on any atom is 0.306 e. The Bertz CT molecular complexity index is 1110. The Kier molecular flexibility index (Phi) is 34.5. The van der Waals surface area contributed by atoms with Gasteiger partial charge in [0.1, 0.15) is 12.6 Å². The molecule has 0 fully saturated rings. The summed E-state index contributed by atoms with van der Waals surface area (Å²) < 4.78 is 17.0. The highest BCUT2D eigenvalue weighted by molar-refractivity contribution is 5.70. The molecule has 0 N–H and O–H groups in total. The van der Waals surface area contributed by atoms with Crippen LogP contribution >= 0.6 is 0 Å². The number of carboxylic acids is 1. The molecular weight excluding hydrogens is 679 g/mol. The van der Waals surface area contributed by atoms with Crippen molar-refractivity contribution in [1.29, 1.82) is 0 Å². The third kappa shape index (κ3) is 34.5. The van der Waals surface area contributed by atoms with Crippen LogP contribution < -0.4 is 5.11 Å². The van der Waals surface area contributed by atoms with Crippen LogP contribution in [0, 0.1) is 0 Å². The quantitative estimate of drug-likeness (QED) is 0.0272. The van der Waals surface area contributed by atoms with Crippen molar-refractivity contribution < 1.29 is 38.2 Å². The molecule has 0 saturated carbocycles. The zero-order chi connectivity index (χ0) is 40.0. The van der Waals surface area contributed by atoms with Gasteiger partial charge in [0, 0.05) is 19.3 Å². The third-order valence-electron chi connectivity index (χ3n) is 8.86. The van der Waals surface area contributed by atoms with Crippen molar-refractivity contribution in [3.05, 3.63) is 72.9 Å². The van der Waals surface area contributed by atoms with Crippen molar-refractivity contribution in [2.45, 2.75) is 161 Å². The summed E-state index contributed by atoms with van der Waals surface area (Å²) in [5, 5.41) is 11.6. The first kappa shape index (κ1) is 50.8. The van der Waals surface area contributed by atoms with Gasteiger partial charge >= 0.3 is 11.9 Å². The fraction of sp³-hybridized carbons (Fsp3) is 0.674. The number of allylic oxidation sites excluding steroid dienone is 12. The molecular formula is C46H77NO7. The van der Waals surface area contributed by atoms with Crippen LogP contribution in [0.3, 0.4) is 0 Å². The third-order valence-corrected chi connectivity index (χ3v) is 8.86. The normalized spacial score (nSPS) is 13.7. The highest BCUT2D eigenvalue weighted by Crippen LogP contribution is 2.12. The van der Waals surface area contributed by atoms with E-state index in [-0.39, 0.29) is 49.1 Å². The summed E-state index contributed by atoms with van der Waals surface area (Å²) in [6.07, 6.45) is 45.1. The van der Waals surface area contributed by atoms with Gasteiger partial charge in [0.05, 0.1) is 40.3 Å². The average Bonchev–Trinajstić information content (AvgIpc) is 3.12. The molecule has 8 nitrogen and oxygen atoms in total. The number of esters is 2. The smallest absolute Gasteiger partial charge is 0.306 e. The largest absolute Gasteiger partial charge is 0.544 e. The number of carbonyl (C=O) groups is 3. The second kappa shape index (κ2) is 36.7. The van der Waals surface area contributed by atoms with Gasteiger partial charge in [-0.15, -0.1) is 0 Å². The zero-order valence-electron chi connectivity index (χ0n) is 34.9. The fourth-order valence-electron chi connectivity index (χ4n) is 5.60. The van der Waals surface area contributed by atoms with Gasteiger partial charge in [-0.1, -0.05) is 138 Å². The van der Waals surface area contributed by atoms with Gasteiger partial charge in [-0.05, 0) is 64.2 Å². The van der Waals surface area contributed by atoms with E-state index in [1.165, 1.54) is 25.7 Å². The van der Waals surface area contributed by atoms with Crippen LogP contribution in [0.15, 0.2) is 72.9 Å². The minimum Gasteiger partial charge on any atom is -0.544 e. The van der Waals surface area contributed by atoms with E-state index < -0.39 is 18.1 Å². The predicted molar refractivity (Wildman–Crippen MR) is 222 cm³/mol. The number of quaternary nitrogens is 1. The van der Waals surface area contributed by atoms with E-state index in [2.05, 4.69) is 86.8 Å². The molecule has 0 aromatic carbocycles. The van der Waals surface area contributed by atoms with Crippen molar-refractivity contribution >= 4 is 17.9 Å². The molecule has 0 heterocycles. The van der Waals surface area contributed by atoms with E-state index in [1.807, 2.05) is 0 Å². The Morgan fingerprint density at radius 3 is 1.54 bits per heavy atom. The SMILES string of the molecule is CC/C=C/C/C=C/C/C=C/C/C=C/C/C=C/C/C=C/CCCCCCC(=O)OC(COCCC(C(=O)[O-])[N+](C)(C)C)COC(=O)CCCCCCCCC. The average molecular weight is 756 g/mol. The van der Waals surface area contributed by atoms with Gasteiger partial charge in [0.2, 0.25) is 0 Å². The highest BCUT2D eigenvalue weighted by atomic mass is 16.6. The van der Waals surface area contributed by atoms with Crippen LogP contribution in [-0.2, 0) is 28.6 Å². The van der Waals surface area contributed by atoms with Gasteiger partial charge in [-0.3, -0.25) is 9.59 Å². The molecule has 0 aromatic heterocycles. The van der Waals surface area contributed by atoms with Gasteiger partial charge in [0.15, 0.2) is 6.10 Å². The van der Waals surface area contributed by atoms with E-state index >= 15 is 0 Å². The van der Waals surface area contributed by atoms with Crippen molar-refractivity contribution in [3.8, 4) is 0 Å². The Balaban J connectivity index is 4.33. The van der Waals surface area contributed by atoms with Gasteiger partial charge in [0.25, 0.3) is 0 Å². The summed E-state index contributed by atoms with van der Waals surface area (Å²) in [5.41, 5.74) is 0. The molecule has 2 atom stereocenters. The number of ether oxygens (including phenoxy) is 3. The lowest BCUT2D eigenvalue weighted by atomic mass is 10.1. The first-order chi connectivity index (χ1) is 26.1. The van der Waals surface area contributed by atoms with Gasteiger partial charge in [-0.25, -0.2) is 0 Å². The summed E-state index contributed by atoms with van der Waals surface area (Å²) in [6.45, 7) is 4.45. The van der Waals surface area contributed by atoms with Crippen molar-refractivity contribution in [1.82, 2.24) is 0 Å². The minimum absolute atomic E-state index is 0.0271. The molecule has 0 saturated heterocycles. The first-order valence-electron chi connectivity index (χ1n) is 21.0. The van der Waals surface area contributed by atoms with Gasteiger partial charge in [-0.2, -0.15) is 0 Å². The Morgan fingerprint density at radius 2 is 1.04 bits per heavy atom. The van der Waals surface area contributed by atoms with Crippen LogP contribution in [0.25, 0.3) is 0 Å². The van der Waals surface area contributed by atoms with E-state index in [0.717, 1.165) is 89.9 Å². The summed E-state index contributed by atoms with van der Waals surface area (Å²) >= 11 is 0. The summed E-state index contributed by atoms with van der Waals surface area (Å²) in [4.78, 5) is 36.6. The minimum atomic E-state index is -1.13.